The number of nitrogens with one attached hydrogen (secondary N) is 1. The zero-order valence-electron chi connectivity index (χ0n) is 15.9. The summed E-state index contributed by atoms with van der Waals surface area (Å²) < 4.78 is 32.2. The van der Waals surface area contributed by atoms with Crippen molar-refractivity contribution >= 4 is 17.6 Å². The Hall–Kier alpha value is -4.05. The van der Waals surface area contributed by atoms with Crippen LogP contribution in [0.5, 0.6) is 0 Å². The van der Waals surface area contributed by atoms with Gasteiger partial charge in [-0.3, -0.25) is 4.79 Å². The zero-order valence-corrected chi connectivity index (χ0v) is 15.9. The van der Waals surface area contributed by atoms with Gasteiger partial charge in [-0.15, -0.1) is 0 Å². The second-order valence-electron chi connectivity index (χ2n) is 6.36. The van der Waals surface area contributed by atoms with Gasteiger partial charge < -0.3 is 10.1 Å². The van der Waals surface area contributed by atoms with Crippen molar-refractivity contribution in [3.63, 3.8) is 0 Å². The number of esters is 1. The lowest BCUT2D eigenvalue weighted by atomic mass is 9.96. The van der Waals surface area contributed by atoms with E-state index in [4.69, 9.17) is 4.74 Å². The van der Waals surface area contributed by atoms with E-state index in [0.717, 1.165) is 18.2 Å². The number of amides is 1. The number of carbonyl (C=O) groups is 2. The van der Waals surface area contributed by atoms with Crippen molar-refractivity contribution in [1.29, 1.82) is 5.26 Å². The summed E-state index contributed by atoms with van der Waals surface area (Å²) in [7, 11) is 0. The topological polar surface area (TPSA) is 79.2 Å². The van der Waals surface area contributed by atoms with Gasteiger partial charge in [0.15, 0.2) is 6.10 Å². The van der Waals surface area contributed by atoms with Gasteiger partial charge in [0.25, 0.3) is 5.91 Å². The fourth-order valence-corrected chi connectivity index (χ4v) is 2.82. The first kappa shape index (κ1) is 20.7. The molecule has 1 atom stereocenters. The van der Waals surface area contributed by atoms with Crippen molar-refractivity contribution < 1.29 is 23.1 Å². The van der Waals surface area contributed by atoms with Crippen LogP contribution in [0.25, 0.3) is 11.1 Å². The highest BCUT2D eigenvalue weighted by molar-refractivity contribution is 6.01. The maximum Gasteiger partial charge on any atom is 0.339 e. The monoisotopic (exact) mass is 406 g/mol. The van der Waals surface area contributed by atoms with E-state index in [9.17, 15) is 23.6 Å². The van der Waals surface area contributed by atoms with E-state index in [1.165, 1.54) is 13.0 Å². The molecule has 5 nitrogen and oxygen atoms in total. The van der Waals surface area contributed by atoms with E-state index in [2.05, 4.69) is 11.4 Å². The standard InChI is InChI=1S/C23H16F2N2O3/c1-14(22(28)27-21-12-16(24)10-11-20(21)25)30-23(29)19-9-5-4-8-18(19)17-7-3-2-6-15(17)13-26/h2-12,14H,1H3,(H,27,28)/t14-/m0/s1. The highest BCUT2D eigenvalue weighted by atomic mass is 19.1. The number of ether oxygens (including phenoxy) is 1. The highest BCUT2D eigenvalue weighted by Gasteiger charge is 2.22. The van der Waals surface area contributed by atoms with Crippen LogP contribution in [0.4, 0.5) is 14.5 Å². The summed E-state index contributed by atoms with van der Waals surface area (Å²) in [4.78, 5) is 25.0. The number of halogens is 2. The van der Waals surface area contributed by atoms with Crippen LogP contribution in [0.3, 0.4) is 0 Å². The predicted octanol–water partition coefficient (Wildman–Crippen LogP) is 4.69. The predicted molar refractivity (Wildman–Crippen MR) is 106 cm³/mol. The van der Waals surface area contributed by atoms with Gasteiger partial charge in [-0.25, -0.2) is 13.6 Å². The number of anilines is 1. The van der Waals surface area contributed by atoms with Crippen molar-refractivity contribution in [1.82, 2.24) is 0 Å². The quantitative estimate of drug-likeness (QED) is 0.624. The minimum absolute atomic E-state index is 0.164. The lowest BCUT2D eigenvalue weighted by Gasteiger charge is -2.16. The first-order valence-electron chi connectivity index (χ1n) is 8.96. The van der Waals surface area contributed by atoms with Crippen molar-refractivity contribution in [3.05, 3.63) is 89.5 Å². The van der Waals surface area contributed by atoms with E-state index >= 15 is 0 Å². The molecule has 1 N–H and O–H groups in total. The number of nitrogens with zero attached hydrogens (tertiary/aromatic N) is 1. The van der Waals surface area contributed by atoms with Crippen molar-refractivity contribution in [2.75, 3.05) is 5.32 Å². The Morgan fingerprint density at radius 3 is 2.40 bits per heavy atom. The number of hydrogen-bond donors (Lipinski definition) is 1. The van der Waals surface area contributed by atoms with Gasteiger partial charge in [0.2, 0.25) is 0 Å². The molecule has 7 heteroatoms. The van der Waals surface area contributed by atoms with E-state index in [1.807, 2.05) is 0 Å². The molecular weight excluding hydrogens is 390 g/mol. The molecule has 0 bridgehead atoms. The third-order valence-corrected chi connectivity index (χ3v) is 4.32. The third kappa shape index (κ3) is 4.50. The summed E-state index contributed by atoms with van der Waals surface area (Å²) in [5.41, 5.74) is 1.21. The Morgan fingerprint density at radius 2 is 1.67 bits per heavy atom. The van der Waals surface area contributed by atoms with E-state index in [0.29, 0.717) is 16.7 Å². The minimum Gasteiger partial charge on any atom is -0.449 e. The molecule has 150 valence electrons. The van der Waals surface area contributed by atoms with Gasteiger partial charge in [-0.2, -0.15) is 5.26 Å². The summed E-state index contributed by atoms with van der Waals surface area (Å²) >= 11 is 0. The molecule has 3 aromatic rings. The Balaban J connectivity index is 1.80. The van der Waals surface area contributed by atoms with Crippen LogP contribution in [-0.2, 0) is 9.53 Å². The van der Waals surface area contributed by atoms with Crippen LogP contribution in [0.15, 0.2) is 66.7 Å². The SMILES string of the molecule is C[C@H](OC(=O)c1ccccc1-c1ccccc1C#N)C(=O)Nc1cc(F)ccc1F. The van der Waals surface area contributed by atoms with Gasteiger partial charge >= 0.3 is 5.97 Å². The number of carbonyl (C=O) groups excluding carboxylic acids is 2. The molecule has 30 heavy (non-hydrogen) atoms. The van der Waals surface area contributed by atoms with Gasteiger partial charge in [-0.05, 0) is 36.8 Å². The highest BCUT2D eigenvalue weighted by Crippen LogP contribution is 2.27. The normalized spacial score (nSPS) is 11.3. The van der Waals surface area contributed by atoms with Gasteiger partial charge in [-0.1, -0.05) is 36.4 Å². The molecule has 0 fully saturated rings. The lowest BCUT2D eigenvalue weighted by molar-refractivity contribution is -0.123. The van der Waals surface area contributed by atoms with Crippen LogP contribution >= 0.6 is 0 Å². The average Bonchev–Trinajstić information content (AvgIpc) is 2.76. The molecule has 0 aromatic heterocycles. The molecule has 0 aliphatic carbocycles. The van der Waals surface area contributed by atoms with Gasteiger partial charge in [0, 0.05) is 11.6 Å². The minimum atomic E-state index is -1.28. The summed E-state index contributed by atoms with van der Waals surface area (Å²) in [6.45, 7) is 1.32. The first-order chi connectivity index (χ1) is 14.4. The van der Waals surface area contributed by atoms with Crippen LogP contribution in [-0.4, -0.2) is 18.0 Å². The molecular formula is C23H16F2N2O3. The number of hydrogen-bond acceptors (Lipinski definition) is 4. The second kappa shape index (κ2) is 8.97. The molecule has 1 amide bonds. The maximum atomic E-state index is 13.7. The van der Waals surface area contributed by atoms with Crippen LogP contribution < -0.4 is 5.32 Å². The van der Waals surface area contributed by atoms with Crippen molar-refractivity contribution in [3.8, 4) is 17.2 Å². The van der Waals surface area contributed by atoms with Crippen molar-refractivity contribution in [2.45, 2.75) is 13.0 Å². The van der Waals surface area contributed by atoms with E-state index in [-0.39, 0.29) is 11.3 Å². The number of benzene rings is 3. The van der Waals surface area contributed by atoms with Crippen LogP contribution in [0.1, 0.15) is 22.8 Å². The molecule has 0 unspecified atom stereocenters. The third-order valence-electron chi connectivity index (χ3n) is 4.32. The smallest absolute Gasteiger partial charge is 0.339 e. The first-order valence-corrected chi connectivity index (χ1v) is 8.96. The molecule has 0 saturated carbocycles. The van der Waals surface area contributed by atoms with E-state index in [1.54, 1.807) is 42.5 Å². The van der Waals surface area contributed by atoms with Gasteiger partial charge in [0.1, 0.15) is 11.6 Å². The molecule has 0 aliphatic rings. The molecule has 0 saturated heterocycles. The summed E-state index contributed by atoms with van der Waals surface area (Å²) in [6, 6.07) is 18.0. The number of rotatable bonds is 5. The fraction of sp³-hybridized carbons (Fsp3) is 0.0870. The lowest BCUT2D eigenvalue weighted by Crippen LogP contribution is -2.30. The molecule has 0 heterocycles. The Morgan fingerprint density at radius 1 is 1.00 bits per heavy atom. The Kier molecular flexibility index (Phi) is 6.18. The van der Waals surface area contributed by atoms with Crippen LogP contribution in [0, 0.1) is 23.0 Å². The largest absolute Gasteiger partial charge is 0.449 e. The fourth-order valence-electron chi connectivity index (χ4n) is 2.82. The molecule has 0 radical (unpaired) electrons. The second-order valence-corrected chi connectivity index (χ2v) is 6.36. The van der Waals surface area contributed by atoms with E-state index < -0.39 is 29.6 Å². The number of nitriles is 1. The maximum absolute atomic E-state index is 13.7. The van der Waals surface area contributed by atoms with Crippen molar-refractivity contribution in [2.24, 2.45) is 0 Å². The summed E-state index contributed by atoms with van der Waals surface area (Å²) in [6.07, 6.45) is -1.28. The Bertz CT molecular complexity index is 1160. The molecule has 3 rings (SSSR count). The molecule has 3 aromatic carbocycles. The van der Waals surface area contributed by atoms with Crippen LogP contribution in [0.2, 0.25) is 0 Å². The zero-order chi connectivity index (χ0) is 21.7. The summed E-state index contributed by atoms with van der Waals surface area (Å²) in [5.74, 6) is -3.15. The van der Waals surface area contributed by atoms with Gasteiger partial charge in [0.05, 0.1) is 22.9 Å². The molecule has 0 aliphatic heterocycles. The summed E-state index contributed by atoms with van der Waals surface area (Å²) in [5, 5.41) is 11.5. The molecule has 0 spiro atoms. The Labute approximate surface area is 171 Å². The average molecular weight is 406 g/mol.